The molecule has 0 aromatic heterocycles. The van der Waals surface area contributed by atoms with Crippen LogP contribution < -0.4 is 10.1 Å². The summed E-state index contributed by atoms with van der Waals surface area (Å²) in [6.07, 6.45) is 1.84. The van der Waals surface area contributed by atoms with Crippen LogP contribution in [0, 0.1) is 5.82 Å². The molecule has 5 nitrogen and oxygen atoms in total. The van der Waals surface area contributed by atoms with Crippen LogP contribution in [0.5, 0.6) is 5.75 Å². The van der Waals surface area contributed by atoms with Crippen molar-refractivity contribution >= 4 is 11.8 Å². The molecule has 206 valence electrons. The topological polar surface area (TPSA) is 58.6 Å². The highest BCUT2D eigenvalue weighted by Crippen LogP contribution is 2.18. The smallest absolute Gasteiger partial charge is 0.243 e. The van der Waals surface area contributed by atoms with E-state index in [2.05, 4.69) is 5.32 Å². The lowest BCUT2D eigenvalue weighted by Gasteiger charge is -2.31. The number of ether oxygens (including phenoxy) is 1. The van der Waals surface area contributed by atoms with E-state index >= 15 is 0 Å². The van der Waals surface area contributed by atoms with Crippen LogP contribution in [0.25, 0.3) is 0 Å². The Bertz CT molecular complexity index is 1340. The third-order valence-electron chi connectivity index (χ3n) is 6.88. The van der Waals surface area contributed by atoms with Crippen molar-refractivity contribution in [3.05, 3.63) is 137 Å². The Labute approximate surface area is 235 Å². The first-order chi connectivity index (χ1) is 19.5. The average molecular weight is 539 g/mol. The lowest BCUT2D eigenvalue weighted by atomic mass is 10.0. The summed E-state index contributed by atoms with van der Waals surface area (Å²) in [6.45, 7) is 0.635. The largest absolute Gasteiger partial charge is 0.497 e. The summed E-state index contributed by atoms with van der Waals surface area (Å²) in [6, 6.07) is 32.6. The van der Waals surface area contributed by atoms with Gasteiger partial charge in [0.25, 0.3) is 0 Å². The number of benzene rings is 4. The molecule has 0 spiro atoms. The molecular weight excluding hydrogens is 503 g/mol. The molecule has 1 unspecified atom stereocenters. The van der Waals surface area contributed by atoms with Gasteiger partial charge >= 0.3 is 0 Å². The van der Waals surface area contributed by atoms with Crippen molar-refractivity contribution in [3.63, 3.8) is 0 Å². The van der Waals surface area contributed by atoms with Gasteiger partial charge < -0.3 is 15.0 Å². The predicted molar refractivity (Wildman–Crippen MR) is 155 cm³/mol. The van der Waals surface area contributed by atoms with Gasteiger partial charge in [-0.2, -0.15) is 0 Å². The molecule has 6 heteroatoms. The van der Waals surface area contributed by atoms with Crippen LogP contribution in [0.2, 0.25) is 0 Å². The number of nitrogens with zero attached hydrogens (tertiary/aromatic N) is 1. The normalized spacial score (nSPS) is 11.4. The number of hydrogen-bond donors (Lipinski definition) is 1. The van der Waals surface area contributed by atoms with E-state index in [9.17, 15) is 14.0 Å². The van der Waals surface area contributed by atoms with Crippen LogP contribution in [-0.4, -0.2) is 36.4 Å². The van der Waals surface area contributed by atoms with E-state index in [-0.39, 0.29) is 30.6 Å². The van der Waals surface area contributed by atoms with E-state index in [1.54, 1.807) is 24.1 Å². The minimum absolute atomic E-state index is 0.126. The molecule has 4 rings (SSSR count). The molecule has 40 heavy (non-hydrogen) atoms. The molecule has 0 bridgehead atoms. The SMILES string of the molecule is COc1ccc(CCNC(=O)C(Cc2ccccc2)N(Cc2ccc(F)cc2)C(=O)CCc2ccccc2)cc1. The summed E-state index contributed by atoms with van der Waals surface area (Å²) in [5.74, 6) is 0.0935. The maximum atomic E-state index is 13.7. The monoisotopic (exact) mass is 538 g/mol. The molecule has 0 fully saturated rings. The van der Waals surface area contributed by atoms with E-state index in [4.69, 9.17) is 4.74 Å². The Morgan fingerprint density at radius 1 is 0.750 bits per heavy atom. The number of aryl methyl sites for hydroxylation is 1. The van der Waals surface area contributed by atoms with E-state index in [1.165, 1.54) is 12.1 Å². The predicted octanol–water partition coefficient (Wildman–Crippen LogP) is 5.77. The molecule has 0 saturated heterocycles. The van der Waals surface area contributed by atoms with Gasteiger partial charge in [-0.1, -0.05) is 84.9 Å². The van der Waals surface area contributed by atoms with Gasteiger partial charge in [0.1, 0.15) is 17.6 Å². The zero-order chi connectivity index (χ0) is 28.2. The number of halogens is 1. The summed E-state index contributed by atoms with van der Waals surface area (Å²) >= 11 is 0. The van der Waals surface area contributed by atoms with Crippen molar-refractivity contribution in [3.8, 4) is 5.75 Å². The standard InChI is InChI=1S/C34H35FN2O3/c1-40-31-19-14-27(15-20-31)22-23-36-34(39)32(24-28-10-6-3-7-11-28)37(25-29-12-17-30(35)18-13-29)33(38)21-16-26-8-4-2-5-9-26/h2-15,17-20,32H,16,21-25H2,1H3,(H,36,39). The number of rotatable bonds is 13. The van der Waals surface area contributed by atoms with Gasteiger partial charge in [0.15, 0.2) is 0 Å². The number of nitrogens with one attached hydrogen (secondary N) is 1. The fraction of sp³-hybridized carbons (Fsp3) is 0.235. The summed E-state index contributed by atoms with van der Waals surface area (Å²) in [5, 5.41) is 3.06. The molecule has 0 aliphatic rings. The first kappa shape index (κ1) is 28.6. The van der Waals surface area contributed by atoms with Gasteiger partial charge in [-0.3, -0.25) is 9.59 Å². The Morgan fingerprint density at radius 3 is 1.95 bits per heavy atom. The molecule has 4 aromatic rings. The first-order valence-electron chi connectivity index (χ1n) is 13.5. The first-order valence-corrected chi connectivity index (χ1v) is 13.5. The number of hydrogen-bond acceptors (Lipinski definition) is 3. The lowest BCUT2D eigenvalue weighted by Crippen LogP contribution is -2.50. The quantitative estimate of drug-likeness (QED) is 0.235. The second-order valence-electron chi connectivity index (χ2n) is 9.73. The van der Waals surface area contributed by atoms with Crippen LogP contribution in [0.3, 0.4) is 0 Å². The second-order valence-corrected chi connectivity index (χ2v) is 9.73. The lowest BCUT2D eigenvalue weighted by molar-refractivity contribution is -0.141. The molecule has 4 aromatic carbocycles. The number of methoxy groups -OCH3 is 1. The van der Waals surface area contributed by atoms with Crippen molar-refractivity contribution in [2.75, 3.05) is 13.7 Å². The summed E-state index contributed by atoms with van der Waals surface area (Å²) < 4.78 is 18.9. The van der Waals surface area contributed by atoms with Crippen molar-refractivity contribution < 1.29 is 18.7 Å². The van der Waals surface area contributed by atoms with E-state index in [0.29, 0.717) is 25.8 Å². The van der Waals surface area contributed by atoms with Crippen LogP contribution in [0.4, 0.5) is 4.39 Å². The highest BCUT2D eigenvalue weighted by molar-refractivity contribution is 5.88. The van der Waals surface area contributed by atoms with Gasteiger partial charge in [0, 0.05) is 25.9 Å². The molecule has 0 radical (unpaired) electrons. The minimum atomic E-state index is -0.730. The van der Waals surface area contributed by atoms with Gasteiger partial charge in [-0.05, 0) is 59.4 Å². The van der Waals surface area contributed by atoms with Crippen LogP contribution in [0.15, 0.2) is 109 Å². The van der Waals surface area contributed by atoms with Crippen molar-refractivity contribution in [2.24, 2.45) is 0 Å². The maximum absolute atomic E-state index is 13.7. The van der Waals surface area contributed by atoms with E-state index in [0.717, 1.165) is 28.0 Å². The average Bonchev–Trinajstić information content (AvgIpc) is 3.00. The minimum Gasteiger partial charge on any atom is -0.497 e. The fourth-order valence-electron chi connectivity index (χ4n) is 4.62. The molecule has 0 saturated carbocycles. The van der Waals surface area contributed by atoms with Gasteiger partial charge in [-0.25, -0.2) is 4.39 Å². The Kier molecular flexibility index (Phi) is 10.4. The van der Waals surface area contributed by atoms with E-state index < -0.39 is 6.04 Å². The summed E-state index contributed by atoms with van der Waals surface area (Å²) in [5.41, 5.74) is 3.85. The van der Waals surface area contributed by atoms with Crippen molar-refractivity contribution in [2.45, 2.75) is 38.3 Å². The highest BCUT2D eigenvalue weighted by Gasteiger charge is 2.30. The molecular formula is C34H35FN2O3. The summed E-state index contributed by atoms with van der Waals surface area (Å²) in [4.78, 5) is 29.1. The number of carbonyl (C=O) groups excluding carboxylic acids is 2. The van der Waals surface area contributed by atoms with Crippen LogP contribution in [-0.2, 0) is 35.4 Å². The third-order valence-corrected chi connectivity index (χ3v) is 6.88. The van der Waals surface area contributed by atoms with Crippen molar-refractivity contribution in [1.29, 1.82) is 0 Å². The Morgan fingerprint density at radius 2 is 1.32 bits per heavy atom. The second kappa shape index (κ2) is 14.6. The maximum Gasteiger partial charge on any atom is 0.243 e. The Balaban J connectivity index is 1.54. The molecule has 0 aliphatic heterocycles. The zero-order valence-corrected chi connectivity index (χ0v) is 22.8. The molecule has 1 atom stereocenters. The Hall–Kier alpha value is -4.45. The van der Waals surface area contributed by atoms with Gasteiger partial charge in [0.05, 0.1) is 7.11 Å². The van der Waals surface area contributed by atoms with Gasteiger partial charge in [0.2, 0.25) is 11.8 Å². The molecule has 0 heterocycles. The van der Waals surface area contributed by atoms with Crippen LogP contribution >= 0.6 is 0 Å². The van der Waals surface area contributed by atoms with E-state index in [1.807, 2.05) is 84.9 Å². The molecule has 2 amide bonds. The van der Waals surface area contributed by atoms with Crippen LogP contribution in [0.1, 0.15) is 28.7 Å². The highest BCUT2D eigenvalue weighted by atomic mass is 19.1. The zero-order valence-electron chi connectivity index (χ0n) is 22.8. The van der Waals surface area contributed by atoms with Gasteiger partial charge in [-0.15, -0.1) is 0 Å². The molecule has 0 aliphatic carbocycles. The summed E-state index contributed by atoms with van der Waals surface area (Å²) in [7, 11) is 1.63. The van der Waals surface area contributed by atoms with Crippen molar-refractivity contribution in [1.82, 2.24) is 10.2 Å². The number of carbonyl (C=O) groups is 2. The number of amides is 2. The molecule has 1 N–H and O–H groups in total. The fourth-order valence-corrected chi connectivity index (χ4v) is 4.62. The third kappa shape index (κ3) is 8.53.